The molecule has 2 N–H and O–H groups in total. The van der Waals surface area contributed by atoms with Crippen molar-refractivity contribution in [2.24, 2.45) is 0 Å². The van der Waals surface area contributed by atoms with Gasteiger partial charge in [0.25, 0.3) is 0 Å². The molecule has 164 valence electrons. The Hall–Kier alpha value is -3.53. The summed E-state index contributed by atoms with van der Waals surface area (Å²) in [6.07, 6.45) is -3.05. The van der Waals surface area contributed by atoms with Crippen LogP contribution in [0.4, 0.5) is 29.3 Å². The van der Waals surface area contributed by atoms with Gasteiger partial charge in [0.2, 0.25) is 5.95 Å². The second kappa shape index (κ2) is 8.91. The van der Waals surface area contributed by atoms with E-state index >= 15 is 0 Å². The van der Waals surface area contributed by atoms with Crippen LogP contribution in [-0.4, -0.2) is 32.7 Å². The molecule has 0 spiro atoms. The molecular formula is C21H15ClF4N6. The molecule has 0 aliphatic rings. The van der Waals surface area contributed by atoms with Gasteiger partial charge < -0.3 is 10.6 Å². The van der Waals surface area contributed by atoms with Gasteiger partial charge in [-0.05, 0) is 42.0 Å². The van der Waals surface area contributed by atoms with Gasteiger partial charge in [0.1, 0.15) is 12.4 Å². The Morgan fingerprint density at radius 2 is 1.59 bits per heavy atom. The molecule has 0 atom stereocenters. The second-order valence-corrected chi connectivity index (χ2v) is 7.22. The summed E-state index contributed by atoms with van der Waals surface area (Å²) in [5.74, 6) is -0.460. The summed E-state index contributed by atoms with van der Waals surface area (Å²) < 4.78 is 51.7. The number of benzene rings is 2. The fourth-order valence-electron chi connectivity index (χ4n) is 2.84. The zero-order valence-electron chi connectivity index (χ0n) is 16.3. The summed E-state index contributed by atoms with van der Waals surface area (Å²) in [6.45, 7) is -0.985. The SMILES string of the molecule is Fc1ccc(-c2cnc3nc(NCc4ccc(Cl)cc4)nc(NCC(F)(F)F)c3n2)cc1. The molecule has 4 rings (SSSR count). The number of hydrogen-bond donors (Lipinski definition) is 2. The van der Waals surface area contributed by atoms with Gasteiger partial charge in [-0.3, -0.25) is 0 Å². The van der Waals surface area contributed by atoms with Crippen molar-refractivity contribution in [1.82, 2.24) is 19.9 Å². The van der Waals surface area contributed by atoms with Crippen molar-refractivity contribution in [2.45, 2.75) is 12.7 Å². The first-order chi connectivity index (χ1) is 15.3. The van der Waals surface area contributed by atoms with E-state index in [0.29, 0.717) is 22.8 Å². The number of fused-ring (bicyclic) bond motifs is 1. The fourth-order valence-corrected chi connectivity index (χ4v) is 2.96. The number of anilines is 2. The lowest BCUT2D eigenvalue weighted by Gasteiger charge is -2.13. The fraction of sp³-hybridized carbons (Fsp3) is 0.143. The number of rotatable bonds is 6. The highest BCUT2D eigenvalue weighted by atomic mass is 35.5. The quantitative estimate of drug-likeness (QED) is 0.370. The highest BCUT2D eigenvalue weighted by Crippen LogP contribution is 2.25. The highest BCUT2D eigenvalue weighted by Gasteiger charge is 2.27. The molecule has 0 fully saturated rings. The van der Waals surface area contributed by atoms with Crippen LogP contribution >= 0.6 is 11.6 Å². The van der Waals surface area contributed by atoms with Crippen LogP contribution in [-0.2, 0) is 6.54 Å². The molecule has 2 aromatic carbocycles. The molecule has 0 saturated carbocycles. The normalized spacial score (nSPS) is 11.5. The lowest BCUT2D eigenvalue weighted by atomic mass is 10.1. The van der Waals surface area contributed by atoms with Gasteiger partial charge in [0, 0.05) is 17.1 Å². The van der Waals surface area contributed by atoms with Crippen LogP contribution in [0.15, 0.2) is 54.7 Å². The van der Waals surface area contributed by atoms with Gasteiger partial charge >= 0.3 is 6.18 Å². The zero-order valence-corrected chi connectivity index (χ0v) is 17.0. The van der Waals surface area contributed by atoms with Crippen LogP contribution in [0.2, 0.25) is 5.02 Å². The van der Waals surface area contributed by atoms with Crippen molar-refractivity contribution in [3.8, 4) is 11.3 Å². The molecule has 0 bridgehead atoms. The van der Waals surface area contributed by atoms with Gasteiger partial charge in [0.05, 0.1) is 11.9 Å². The molecule has 4 aromatic rings. The average molecular weight is 463 g/mol. The molecule has 0 saturated heterocycles. The van der Waals surface area contributed by atoms with Crippen molar-refractivity contribution in [3.05, 3.63) is 71.1 Å². The highest BCUT2D eigenvalue weighted by molar-refractivity contribution is 6.30. The van der Waals surface area contributed by atoms with E-state index in [1.807, 2.05) is 0 Å². The molecule has 0 unspecified atom stereocenters. The summed E-state index contributed by atoms with van der Waals surface area (Å²) >= 11 is 5.87. The maximum Gasteiger partial charge on any atom is 0.405 e. The molecule has 11 heteroatoms. The number of aromatic nitrogens is 4. The number of nitrogens with zero attached hydrogens (tertiary/aromatic N) is 4. The Bertz CT molecular complexity index is 1230. The predicted molar refractivity (Wildman–Crippen MR) is 114 cm³/mol. The third-order valence-electron chi connectivity index (χ3n) is 4.37. The predicted octanol–water partition coefficient (Wildman–Crippen LogP) is 5.47. The van der Waals surface area contributed by atoms with E-state index in [2.05, 4.69) is 30.6 Å². The first-order valence-corrected chi connectivity index (χ1v) is 9.74. The molecule has 0 amide bonds. The van der Waals surface area contributed by atoms with Gasteiger partial charge in [-0.25, -0.2) is 14.4 Å². The van der Waals surface area contributed by atoms with E-state index in [4.69, 9.17) is 11.6 Å². The van der Waals surface area contributed by atoms with Crippen molar-refractivity contribution in [3.63, 3.8) is 0 Å². The van der Waals surface area contributed by atoms with E-state index in [-0.39, 0.29) is 22.9 Å². The number of hydrogen-bond acceptors (Lipinski definition) is 6. The van der Waals surface area contributed by atoms with Gasteiger partial charge in [-0.1, -0.05) is 23.7 Å². The third-order valence-corrected chi connectivity index (χ3v) is 4.62. The minimum atomic E-state index is -4.46. The van der Waals surface area contributed by atoms with Gasteiger partial charge in [-0.15, -0.1) is 0 Å². The first-order valence-electron chi connectivity index (χ1n) is 9.36. The van der Waals surface area contributed by atoms with Crippen LogP contribution in [0.3, 0.4) is 0 Å². The minimum Gasteiger partial charge on any atom is -0.359 e. The maximum atomic E-state index is 13.2. The smallest absolute Gasteiger partial charge is 0.359 e. The average Bonchev–Trinajstić information content (AvgIpc) is 2.77. The minimum absolute atomic E-state index is 0.0631. The van der Waals surface area contributed by atoms with Crippen molar-refractivity contribution < 1.29 is 17.6 Å². The third kappa shape index (κ3) is 5.38. The van der Waals surface area contributed by atoms with Crippen molar-refractivity contribution in [1.29, 1.82) is 0 Å². The topological polar surface area (TPSA) is 75.6 Å². The molecule has 2 heterocycles. The maximum absolute atomic E-state index is 13.2. The lowest BCUT2D eigenvalue weighted by Crippen LogP contribution is -2.22. The molecule has 2 aromatic heterocycles. The van der Waals surface area contributed by atoms with E-state index in [1.54, 1.807) is 24.3 Å². The summed E-state index contributed by atoms with van der Waals surface area (Å²) in [5.41, 5.74) is 1.94. The Labute approximate surface area is 184 Å². The number of alkyl halides is 3. The molecule has 0 radical (unpaired) electrons. The van der Waals surface area contributed by atoms with Crippen LogP contribution in [0.25, 0.3) is 22.4 Å². The monoisotopic (exact) mass is 462 g/mol. The zero-order chi connectivity index (χ0) is 22.7. The Morgan fingerprint density at radius 3 is 2.28 bits per heavy atom. The molecule has 6 nitrogen and oxygen atoms in total. The van der Waals surface area contributed by atoms with Gasteiger partial charge in [0.15, 0.2) is 17.0 Å². The largest absolute Gasteiger partial charge is 0.405 e. The molecule has 32 heavy (non-hydrogen) atoms. The number of nitrogens with one attached hydrogen (secondary N) is 2. The van der Waals surface area contributed by atoms with Crippen LogP contribution < -0.4 is 10.6 Å². The second-order valence-electron chi connectivity index (χ2n) is 6.78. The van der Waals surface area contributed by atoms with E-state index in [1.165, 1.54) is 30.5 Å². The van der Waals surface area contributed by atoms with Crippen LogP contribution in [0.1, 0.15) is 5.56 Å². The van der Waals surface area contributed by atoms with Crippen molar-refractivity contribution >= 4 is 34.5 Å². The van der Waals surface area contributed by atoms with E-state index in [9.17, 15) is 17.6 Å². The Kier molecular flexibility index (Phi) is 6.04. The van der Waals surface area contributed by atoms with Crippen LogP contribution in [0, 0.1) is 5.82 Å². The lowest BCUT2D eigenvalue weighted by molar-refractivity contribution is -0.115. The standard InChI is InChI=1S/C21H15ClF4N6/c22-14-5-1-12(2-6-14)9-28-20-31-18-17(19(32-20)29-11-21(24,25)26)30-16(10-27-18)13-3-7-15(23)8-4-13/h1-8,10H,9,11H2,(H2,27,28,29,31,32). The summed E-state index contributed by atoms with van der Waals surface area (Å²) in [5, 5.41) is 5.82. The molecule has 0 aliphatic heterocycles. The summed E-state index contributed by atoms with van der Waals surface area (Å²) in [7, 11) is 0. The molecule has 0 aliphatic carbocycles. The first kappa shape index (κ1) is 21.7. The van der Waals surface area contributed by atoms with E-state index < -0.39 is 18.5 Å². The van der Waals surface area contributed by atoms with Crippen molar-refractivity contribution in [2.75, 3.05) is 17.2 Å². The molecular weight excluding hydrogens is 448 g/mol. The summed E-state index contributed by atoms with van der Waals surface area (Å²) in [6, 6.07) is 12.5. The Morgan fingerprint density at radius 1 is 0.875 bits per heavy atom. The van der Waals surface area contributed by atoms with Crippen LogP contribution in [0.5, 0.6) is 0 Å². The summed E-state index contributed by atoms with van der Waals surface area (Å²) in [4.78, 5) is 17.0. The number of halogens is 5. The van der Waals surface area contributed by atoms with Gasteiger partial charge in [-0.2, -0.15) is 23.1 Å². The Balaban J connectivity index is 1.68. The van der Waals surface area contributed by atoms with E-state index in [0.717, 1.165) is 5.56 Å².